The van der Waals surface area contributed by atoms with Crippen molar-refractivity contribution >= 4 is 19.9 Å². The predicted octanol–water partition coefficient (Wildman–Crippen LogP) is 3.42. The predicted molar refractivity (Wildman–Crippen MR) is 109 cm³/mol. The number of nitrogens with zero attached hydrogens (tertiary/aromatic N) is 2. The lowest BCUT2D eigenvalue weighted by Gasteiger charge is -2.28. The van der Waals surface area contributed by atoms with Crippen molar-refractivity contribution in [2.24, 2.45) is 0 Å². The minimum atomic E-state index is -2.34. The van der Waals surface area contributed by atoms with Crippen molar-refractivity contribution in [2.75, 3.05) is 52.2 Å². The molecule has 0 N–H and O–H groups in total. The van der Waals surface area contributed by atoms with Crippen LogP contribution < -0.4 is 9.80 Å². The van der Waals surface area contributed by atoms with Crippen LogP contribution in [-0.4, -0.2) is 51.0 Å². The Balaban J connectivity index is 2.16. The van der Waals surface area contributed by atoms with Gasteiger partial charge in [-0.15, -0.1) is 0 Å². The minimum Gasteiger partial charge on any atom is -0.397 e. The van der Waals surface area contributed by atoms with E-state index in [0.29, 0.717) is 0 Å². The zero-order chi connectivity index (χ0) is 18.4. The largest absolute Gasteiger partial charge is 0.397 e. The normalized spacial score (nSPS) is 11.4. The average molecular weight is 359 g/mol. The molecule has 0 fully saturated rings. The van der Waals surface area contributed by atoms with Crippen LogP contribution in [-0.2, 0) is 20.9 Å². The van der Waals surface area contributed by atoms with E-state index in [4.69, 9.17) is 8.85 Å². The molecule has 136 valence electrons. The van der Waals surface area contributed by atoms with Crippen LogP contribution in [0.5, 0.6) is 0 Å². The summed E-state index contributed by atoms with van der Waals surface area (Å²) in [5.74, 6) is 0. The van der Waals surface area contributed by atoms with Crippen LogP contribution in [0.4, 0.5) is 11.4 Å². The maximum atomic E-state index is 5.95. The molecule has 0 spiro atoms. The van der Waals surface area contributed by atoms with E-state index in [2.05, 4.69) is 86.5 Å². The monoisotopic (exact) mass is 358 g/mol. The molecule has 0 aromatic heterocycles. The van der Waals surface area contributed by atoms with Gasteiger partial charge in [0, 0.05) is 65.9 Å². The van der Waals surface area contributed by atoms with E-state index in [1.807, 2.05) is 0 Å². The zero-order valence-corrected chi connectivity index (χ0v) is 17.2. The summed E-state index contributed by atoms with van der Waals surface area (Å²) in [6, 6.07) is 18.9. The van der Waals surface area contributed by atoms with Crippen LogP contribution in [0.3, 0.4) is 0 Å². The second-order valence-electron chi connectivity index (χ2n) is 6.79. The van der Waals surface area contributed by atoms with E-state index < -0.39 is 8.56 Å². The maximum absolute atomic E-state index is 5.95. The highest BCUT2D eigenvalue weighted by molar-refractivity contribution is 6.66. The molecule has 0 heterocycles. The fraction of sp³-hybridized carbons (Fsp3) is 0.400. The summed E-state index contributed by atoms with van der Waals surface area (Å²) in [5, 5.41) is 0. The van der Waals surface area contributed by atoms with Crippen LogP contribution in [0.1, 0.15) is 11.1 Å². The Morgan fingerprint density at radius 3 is 1.20 bits per heavy atom. The lowest BCUT2D eigenvalue weighted by atomic mass is 10.2. The molecule has 0 aliphatic rings. The molecule has 0 aliphatic heterocycles. The Hall–Kier alpha value is -1.82. The van der Waals surface area contributed by atoms with Crippen molar-refractivity contribution in [1.29, 1.82) is 0 Å². The fourth-order valence-corrected chi connectivity index (χ4v) is 5.46. The maximum Gasteiger partial charge on any atom is 0.346 e. The van der Waals surface area contributed by atoms with Crippen molar-refractivity contribution in [1.82, 2.24) is 0 Å². The Morgan fingerprint density at radius 1 is 0.640 bits per heavy atom. The number of anilines is 2. The molecule has 5 heteroatoms. The molecule has 0 amide bonds. The molecular formula is C20H30N2O2Si. The smallest absolute Gasteiger partial charge is 0.346 e. The first-order chi connectivity index (χ1) is 11.9. The average Bonchev–Trinajstić information content (AvgIpc) is 2.62. The second-order valence-corrected chi connectivity index (χ2v) is 10.1. The Labute approximate surface area is 153 Å². The zero-order valence-electron chi connectivity index (χ0n) is 16.2. The van der Waals surface area contributed by atoms with Gasteiger partial charge in [0.2, 0.25) is 0 Å². The van der Waals surface area contributed by atoms with Gasteiger partial charge < -0.3 is 18.7 Å². The van der Waals surface area contributed by atoms with Crippen molar-refractivity contribution in [3.8, 4) is 0 Å². The lowest BCUT2D eigenvalue weighted by molar-refractivity contribution is 0.240. The van der Waals surface area contributed by atoms with E-state index in [-0.39, 0.29) is 0 Å². The standard InChI is InChI=1S/C20H30N2O2Si/c1-21(2)19-11-7-17(8-12-19)15-25(23-5,24-6)16-18-9-13-20(14-10-18)22(3)4/h7-14H,15-16H2,1-6H3. The molecule has 0 aliphatic carbocycles. The summed E-state index contributed by atoms with van der Waals surface area (Å²) < 4.78 is 11.9. The molecule has 0 saturated heterocycles. The first kappa shape index (κ1) is 19.5. The summed E-state index contributed by atoms with van der Waals surface area (Å²) in [4.78, 5) is 4.21. The van der Waals surface area contributed by atoms with E-state index in [9.17, 15) is 0 Å². The van der Waals surface area contributed by atoms with E-state index in [1.165, 1.54) is 22.5 Å². The van der Waals surface area contributed by atoms with Gasteiger partial charge in [-0.1, -0.05) is 24.3 Å². The molecule has 2 rings (SSSR count). The minimum absolute atomic E-state index is 0.836. The van der Waals surface area contributed by atoms with Gasteiger partial charge in [-0.3, -0.25) is 0 Å². The summed E-state index contributed by atoms with van der Waals surface area (Å²) >= 11 is 0. The molecule has 0 saturated carbocycles. The van der Waals surface area contributed by atoms with Crippen molar-refractivity contribution in [2.45, 2.75) is 12.1 Å². The third-order valence-electron chi connectivity index (χ3n) is 4.60. The van der Waals surface area contributed by atoms with Gasteiger partial charge in [0.15, 0.2) is 0 Å². The number of hydrogen-bond donors (Lipinski definition) is 0. The molecule has 0 bridgehead atoms. The summed E-state index contributed by atoms with van der Waals surface area (Å²) in [7, 11) is 9.42. The van der Waals surface area contributed by atoms with Gasteiger partial charge in [0.1, 0.15) is 0 Å². The molecular weight excluding hydrogens is 328 g/mol. The molecule has 25 heavy (non-hydrogen) atoms. The SMILES string of the molecule is CO[Si](Cc1ccc(N(C)C)cc1)(Cc1ccc(N(C)C)cc1)OC. The number of hydrogen-bond acceptors (Lipinski definition) is 4. The Morgan fingerprint density at radius 2 is 0.960 bits per heavy atom. The van der Waals surface area contributed by atoms with E-state index in [0.717, 1.165) is 12.1 Å². The van der Waals surface area contributed by atoms with Crippen molar-refractivity contribution < 1.29 is 8.85 Å². The van der Waals surface area contributed by atoms with Gasteiger partial charge in [-0.2, -0.15) is 0 Å². The second kappa shape index (κ2) is 8.51. The van der Waals surface area contributed by atoms with Gasteiger partial charge in [-0.05, 0) is 35.4 Å². The number of benzene rings is 2. The van der Waals surface area contributed by atoms with E-state index >= 15 is 0 Å². The molecule has 2 aromatic rings. The first-order valence-corrected chi connectivity index (χ1v) is 10.7. The van der Waals surface area contributed by atoms with Gasteiger partial charge in [-0.25, -0.2) is 0 Å². The van der Waals surface area contributed by atoms with Crippen LogP contribution in [0.15, 0.2) is 48.5 Å². The topological polar surface area (TPSA) is 24.9 Å². The van der Waals surface area contributed by atoms with Crippen LogP contribution in [0.25, 0.3) is 0 Å². The van der Waals surface area contributed by atoms with E-state index in [1.54, 1.807) is 14.2 Å². The molecule has 0 radical (unpaired) electrons. The summed E-state index contributed by atoms with van der Waals surface area (Å²) in [6.07, 6.45) is 0. The van der Waals surface area contributed by atoms with Crippen LogP contribution in [0.2, 0.25) is 0 Å². The van der Waals surface area contributed by atoms with Gasteiger partial charge >= 0.3 is 8.56 Å². The highest BCUT2D eigenvalue weighted by atomic mass is 28.4. The van der Waals surface area contributed by atoms with Crippen molar-refractivity contribution in [3.05, 3.63) is 59.7 Å². The highest BCUT2D eigenvalue weighted by Gasteiger charge is 2.36. The summed E-state index contributed by atoms with van der Waals surface area (Å²) in [5.41, 5.74) is 4.91. The molecule has 2 aromatic carbocycles. The van der Waals surface area contributed by atoms with Crippen molar-refractivity contribution in [3.63, 3.8) is 0 Å². The van der Waals surface area contributed by atoms with Crippen LogP contribution >= 0.6 is 0 Å². The highest BCUT2D eigenvalue weighted by Crippen LogP contribution is 2.22. The van der Waals surface area contributed by atoms with Gasteiger partial charge in [0.25, 0.3) is 0 Å². The Bertz CT molecular complexity index is 595. The van der Waals surface area contributed by atoms with Crippen LogP contribution in [0, 0.1) is 0 Å². The quantitative estimate of drug-likeness (QED) is 0.675. The lowest BCUT2D eigenvalue weighted by Crippen LogP contribution is -2.46. The Kier molecular flexibility index (Phi) is 6.64. The fourth-order valence-electron chi connectivity index (χ4n) is 2.88. The summed E-state index contributed by atoms with van der Waals surface area (Å²) in [6.45, 7) is 0. The molecule has 4 nitrogen and oxygen atoms in total. The third kappa shape index (κ3) is 5.08. The molecule has 0 atom stereocenters. The first-order valence-electron chi connectivity index (χ1n) is 8.52. The third-order valence-corrected chi connectivity index (χ3v) is 7.98. The van der Waals surface area contributed by atoms with Gasteiger partial charge in [0.05, 0.1) is 0 Å². The number of rotatable bonds is 8. The molecule has 0 unspecified atom stereocenters.